The van der Waals surface area contributed by atoms with Crippen LogP contribution in [0.15, 0.2) is 42.7 Å². The second-order valence-corrected chi connectivity index (χ2v) is 8.44. The third-order valence-electron chi connectivity index (χ3n) is 4.25. The molecule has 0 saturated carbocycles. The Kier molecular flexibility index (Phi) is 9.99. The third kappa shape index (κ3) is 7.36. The Bertz CT molecular complexity index is 1040. The number of alkyl halides is 7. The van der Waals surface area contributed by atoms with E-state index >= 15 is 0 Å². The molecule has 0 aliphatic carbocycles. The van der Waals surface area contributed by atoms with Gasteiger partial charge >= 0.3 is 45.2 Å². The van der Waals surface area contributed by atoms with E-state index in [2.05, 4.69) is 20.8 Å². The van der Waals surface area contributed by atoms with Crippen molar-refractivity contribution in [2.45, 2.75) is 49.0 Å². The van der Waals surface area contributed by atoms with Crippen LogP contribution in [-0.4, -0.2) is 54.7 Å². The van der Waals surface area contributed by atoms with Crippen LogP contribution in [0.25, 0.3) is 0 Å². The van der Waals surface area contributed by atoms with Crippen molar-refractivity contribution in [3.63, 3.8) is 0 Å². The molecule has 8 nitrogen and oxygen atoms in total. The van der Waals surface area contributed by atoms with Crippen molar-refractivity contribution < 1.29 is 71.9 Å². The van der Waals surface area contributed by atoms with E-state index in [9.17, 15) is 53.1 Å². The second-order valence-electron chi connectivity index (χ2n) is 6.97. The molecule has 1 aromatic carbocycles. The molecular formula is C19H18F8O8S. The smallest absolute Gasteiger partial charge is 0.456 e. The Morgan fingerprint density at radius 3 is 2.00 bits per heavy atom. The molecule has 1 rings (SSSR count). The quantitative estimate of drug-likeness (QED) is 0.0951. The lowest BCUT2D eigenvalue weighted by Crippen LogP contribution is -2.58. The van der Waals surface area contributed by atoms with Gasteiger partial charge in [0.2, 0.25) is 5.83 Å². The normalized spacial score (nSPS) is 14.6. The lowest BCUT2D eigenvalue weighted by Gasteiger charge is -2.32. The molecule has 0 aromatic heterocycles. The average Bonchev–Trinajstić information content (AvgIpc) is 2.75. The van der Waals surface area contributed by atoms with Gasteiger partial charge in [0, 0.05) is 6.42 Å². The molecule has 0 aliphatic rings. The molecule has 0 saturated heterocycles. The van der Waals surface area contributed by atoms with E-state index < -0.39 is 83.5 Å². The number of halogens is 8. The summed E-state index contributed by atoms with van der Waals surface area (Å²) in [5, 5.41) is -5.91. The molecule has 0 bridgehead atoms. The van der Waals surface area contributed by atoms with Gasteiger partial charge in [-0.25, -0.2) is 9.59 Å². The minimum Gasteiger partial charge on any atom is -0.456 e. The minimum atomic E-state index is -6.53. The number of hydrogen-bond acceptors (Lipinski definition) is 7. The highest BCUT2D eigenvalue weighted by atomic mass is 32.2. The lowest BCUT2D eigenvalue weighted by atomic mass is 10.1. The number of carbonyl (C=O) groups excluding carboxylic acids is 2. The third-order valence-corrected chi connectivity index (χ3v) is 5.20. The van der Waals surface area contributed by atoms with Crippen molar-refractivity contribution in [3.8, 4) is 0 Å². The molecule has 0 amide bonds. The van der Waals surface area contributed by atoms with Crippen LogP contribution in [0.2, 0.25) is 0 Å². The molecule has 204 valence electrons. The van der Waals surface area contributed by atoms with Crippen LogP contribution in [0.4, 0.5) is 35.1 Å². The predicted octanol–water partition coefficient (Wildman–Crippen LogP) is 4.32. The van der Waals surface area contributed by atoms with E-state index in [1.165, 1.54) is 30.3 Å². The summed E-state index contributed by atoms with van der Waals surface area (Å²) < 4.78 is 150. The first-order valence-electron chi connectivity index (χ1n) is 9.51. The van der Waals surface area contributed by atoms with Crippen LogP contribution in [0.5, 0.6) is 0 Å². The van der Waals surface area contributed by atoms with Gasteiger partial charge in [-0.15, -0.1) is 0 Å². The first kappa shape index (κ1) is 31.2. The second kappa shape index (κ2) is 11.5. The van der Waals surface area contributed by atoms with Crippen molar-refractivity contribution in [1.82, 2.24) is 0 Å². The standard InChI is InChI=1S/C19H18F8O8S/c1-12(20)14(28)35-17(18(23,24)25,15(29)33-11-13-7-3-2-4-8-13)34-10-6-5-9-16(21,22)19(26,27)36(30,31)32/h2-4,7-8H,1,5-6,9-11H2,(H,30,31,32). The van der Waals surface area contributed by atoms with Gasteiger partial charge in [-0.2, -0.15) is 43.5 Å². The van der Waals surface area contributed by atoms with Crippen LogP contribution in [-0.2, 0) is 40.5 Å². The molecule has 1 atom stereocenters. The maximum absolute atomic E-state index is 13.8. The zero-order valence-corrected chi connectivity index (χ0v) is 18.7. The molecule has 0 heterocycles. The molecule has 1 aromatic rings. The zero-order valence-electron chi connectivity index (χ0n) is 17.9. The van der Waals surface area contributed by atoms with Gasteiger partial charge in [0.05, 0.1) is 6.61 Å². The van der Waals surface area contributed by atoms with Crippen LogP contribution in [0.3, 0.4) is 0 Å². The summed E-state index contributed by atoms with van der Waals surface area (Å²) in [6.07, 6.45) is -9.97. The molecular weight excluding hydrogens is 540 g/mol. The summed E-state index contributed by atoms with van der Waals surface area (Å²) in [6, 6.07) is 7.07. The zero-order chi connectivity index (χ0) is 28.0. The first-order chi connectivity index (χ1) is 16.3. The minimum absolute atomic E-state index is 0.171. The largest absolute Gasteiger partial charge is 0.468 e. The van der Waals surface area contributed by atoms with E-state index in [0.29, 0.717) is 0 Å². The fourth-order valence-electron chi connectivity index (χ4n) is 2.39. The Labute approximate surface area is 198 Å². The van der Waals surface area contributed by atoms with E-state index in [4.69, 9.17) is 4.55 Å². The molecule has 0 fully saturated rings. The Morgan fingerprint density at radius 2 is 1.53 bits per heavy atom. The van der Waals surface area contributed by atoms with Gasteiger partial charge < -0.3 is 14.2 Å². The highest BCUT2D eigenvalue weighted by Crippen LogP contribution is 2.42. The van der Waals surface area contributed by atoms with Gasteiger partial charge in [-0.3, -0.25) is 4.55 Å². The lowest BCUT2D eigenvalue weighted by molar-refractivity contribution is -0.355. The van der Waals surface area contributed by atoms with Crippen molar-refractivity contribution in [3.05, 3.63) is 48.3 Å². The van der Waals surface area contributed by atoms with Crippen molar-refractivity contribution in [1.29, 1.82) is 0 Å². The number of unbranched alkanes of at least 4 members (excludes halogenated alkanes) is 1. The van der Waals surface area contributed by atoms with Gasteiger partial charge in [0.1, 0.15) is 6.61 Å². The maximum atomic E-state index is 13.8. The van der Waals surface area contributed by atoms with E-state index in [0.717, 1.165) is 0 Å². The Balaban J connectivity index is 3.04. The summed E-state index contributed by atoms with van der Waals surface area (Å²) in [7, 11) is -6.53. The van der Waals surface area contributed by atoms with Crippen LogP contribution in [0, 0.1) is 0 Å². The van der Waals surface area contributed by atoms with Gasteiger partial charge in [-0.05, 0) is 18.4 Å². The van der Waals surface area contributed by atoms with Crippen molar-refractivity contribution >= 4 is 22.1 Å². The summed E-state index contributed by atoms with van der Waals surface area (Å²) in [6.45, 7) is 0.238. The molecule has 1 unspecified atom stereocenters. The van der Waals surface area contributed by atoms with Crippen LogP contribution >= 0.6 is 0 Å². The molecule has 1 N–H and O–H groups in total. The summed E-state index contributed by atoms with van der Waals surface area (Å²) >= 11 is 0. The number of benzene rings is 1. The fourth-order valence-corrected chi connectivity index (χ4v) is 2.87. The topological polar surface area (TPSA) is 116 Å². The SMILES string of the molecule is C=C(F)C(=O)OC(OCCCCC(F)(F)C(F)(F)S(=O)(=O)O)(C(=O)OCc1ccccc1)C(F)(F)F. The van der Waals surface area contributed by atoms with Crippen LogP contribution < -0.4 is 0 Å². The molecule has 17 heteroatoms. The van der Waals surface area contributed by atoms with E-state index in [-0.39, 0.29) is 5.56 Å². The van der Waals surface area contributed by atoms with E-state index in [1.807, 2.05) is 0 Å². The highest BCUT2D eigenvalue weighted by Gasteiger charge is 2.68. The van der Waals surface area contributed by atoms with Crippen molar-refractivity contribution in [2.75, 3.05) is 6.61 Å². The maximum Gasteiger partial charge on any atom is 0.468 e. The van der Waals surface area contributed by atoms with Gasteiger partial charge in [0.15, 0.2) is 0 Å². The number of hydrogen-bond donors (Lipinski definition) is 1. The average molecular weight is 558 g/mol. The van der Waals surface area contributed by atoms with Crippen LogP contribution in [0.1, 0.15) is 24.8 Å². The van der Waals surface area contributed by atoms with Gasteiger partial charge in [-0.1, -0.05) is 36.9 Å². The number of rotatable bonds is 13. The summed E-state index contributed by atoms with van der Waals surface area (Å²) in [5.74, 6) is -16.8. The Morgan fingerprint density at radius 1 is 0.972 bits per heavy atom. The molecule has 0 aliphatic heterocycles. The summed E-state index contributed by atoms with van der Waals surface area (Å²) in [5.41, 5.74) is 0.171. The Hall–Kier alpha value is -2.79. The summed E-state index contributed by atoms with van der Waals surface area (Å²) in [4.78, 5) is 23.8. The molecule has 0 spiro atoms. The predicted molar refractivity (Wildman–Crippen MR) is 103 cm³/mol. The number of carbonyl (C=O) groups is 2. The molecule has 0 radical (unpaired) electrons. The fraction of sp³-hybridized carbons (Fsp3) is 0.474. The number of ether oxygens (including phenoxy) is 3. The monoisotopic (exact) mass is 558 g/mol. The first-order valence-corrected chi connectivity index (χ1v) is 10.9. The van der Waals surface area contributed by atoms with E-state index in [1.54, 1.807) is 0 Å². The van der Waals surface area contributed by atoms with Crippen molar-refractivity contribution in [2.24, 2.45) is 0 Å². The van der Waals surface area contributed by atoms with Gasteiger partial charge in [0.25, 0.3) is 0 Å². The molecule has 36 heavy (non-hydrogen) atoms. The number of esters is 2. The highest BCUT2D eigenvalue weighted by molar-refractivity contribution is 7.87.